The third kappa shape index (κ3) is 6.06. The molecule has 4 nitrogen and oxygen atoms in total. The summed E-state index contributed by atoms with van der Waals surface area (Å²) in [5.74, 6) is 0. The molecule has 0 radical (unpaired) electrons. The van der Waals surface area contributed by atoms with Crippen LogP contribution in [0.25, 0.3) is 10.9 Å². The first kappa shape index (κ1) is 26.9. The first-order valence-electron chi connectivity index (χ1n) is 13.8. The lowest BCUT2D eigenvalue weighted by molar-refractivity contribution is 0.581. The van der Waals surface area contributed by atoms with Gasteiger partial charge in [0.25, 0.3) is 0 Å². The van der Waals surface area contributed by atoms with Gasteiger partial charge < -0.3 is 10.2 Å². The number of unbranched alkanes of at least 4 members (excludes halogenated alkanes) is 7. The summed E-state index contributed by atoms with van der Waals surface area (Å²) in [5.41, 5.74) is 5.27. The van der Waals surface area contributed by atoms with Crippen LogP contribution in [-0.4, -0.2) is 24.6 Å². The highest BCUT2D eigenvalue weighted by molar-refractivity contribution is 8.29. The predicted molar refractivity (Wildman–Crippen MR) is 159 cm³/mol. The van der Waals surface area contributed by atoms with Gasteiger partial charge in [-0.1, -0.05) is 61.6 Å². The molecule has 1 aliphatic rings. The number of nitrogens with one attached hydrogen (secondary N) is 1. The monoisotopic (exact) mass is 524 g/mol. The second kappa shape index (κ2) is 12.9. The Bertz CT molecular complexity index is 1320. The average Bonchev–Trinajstić information content (AvgIpc) is 2.89. The van der Waals surface area contributed by atoms with E-state index in [0.29, 0.717) is 0 Å². The van der Waals surface area contributed by atoms with Gasteiger partial charge in [0.2, 0.25) is 0 Å². The molecule has 0 bridgehead atoms. The minimum atomic E-state index is -0.573. The van der Waals surface area contributed by atoms with Crippen LogP contribution in [0.4, 0.5) is 17.1 Å². The summed E-state index contributed by atoms with van der Waals surface area (Å²) in [6.45, 7) is 11.6. The Morgan fingerprint density at radius 3 is 2.33 bits per heavy atom. The second-order valence-electron chi connectivity index (χ2n) is 9.71. The Labute approximate surface area is 223 Å². The zero-order valence-electron chi connectivity index (χ0n) is 22.4. The van der Waals surface area contributed by atoms with E-state index in [4.69, 9.17) is 20.7 Å². The molecule has 3 aromatic rings. The van der Waals surface area contributed by atoms with Gasteiger partial charge in [-0.2, -0.15) is 0 Å². The molecule has 4 rings (SSSR count). The molecule has 0 spiro atoms. The lowest BCUT2D eigenvalue weighted by Crippen LogP contribution is -2.22. The SMILES string of the molecule is CCCCCCCCCCNc1cc2c(c3ccc(C)nc13)N=c1ccc(N(CC)CC)cc1=S2Cl. The summed E-state index contributed by atoms with van der Waals surface area (Å²) in [4.78, 5) is 13.5. The fraction of sp³-hybridized carbons (Fsp3) is 0.500. The van der Waals surface area contributed by atoms with E-state index in [-0.39, 0.29) is 0 Å². The summed E-state index contributed by atoms with van der Waals surface area (Å²) < 4.78 is 1.11. The summed E-state index contributed by atoms with van der Waals surface area (Å²) in [5, 5.41) is 5.75. The van der Waals surface area contributed by atoms with Gasteiger partial charge in [0.15, 0.2) is 0 Å². The van der Waals surface area contributed by atoms with Crippen molar-refractivity contribution in [2.45, 2.75) is 84.0 Å². The molecule has 0 saturated carbocycles. The van der Waals surface area contributed by atoms with Crippen molar-refractivity contribution in [2.75, 3.05) is 29.9 Å². The van der Waals surface area contributed by atoms with E-state index in [2.05, 4.69) is 74.3 Å². The molecule has 1 N–H and O–H groups in total. The highest BCUT2D eigenvalue weighted by Gasteiger charge is 2.19. The summed E-state index contributed by atoms with van der Waals surface area (Å²) in [7, 11) is 6.63. The van der Waals surface area contributed by atoms with Crippen molar-refractivity contribution in [3.63, 3.8) is 0 Å². The van der Waals surface area contributed by atoms with Gasteiger partial charge in [-0.15, -0.1) is 0 Å². The van der Waals surface area contributed by atoms with Crippen LogP contribution in [-0.2, 0) is 0 Å². The molecular weight excluding hydrogens is 484 g/mol. The third-order valence-electron chi connectivity index (χ3n) is 7.09. The van der Waals surface area contributed by atoms with Gasteiger partial charge >= 0.3 is 0 Å². The molecule has 1 unspecified atom stereocenters. The van der Waals surface area contributed by atoms with E-state index in [1.807, 2.05) is 0 Å². The molecule has 0 amide bonds. The Morgan fingerprint density at radius 1 is 0.889 bits per heavy atom. The molecule has 1 atom stereocenters. The summed E-state index contributed by atoms with van der Waals surface area (Å²) >= 11 is 0. The predicted octanol–water partition coefficient (Wildman–Crippen LogP) is 8.94. The number of hydrogen-bond acceptors (Lipinski definition) is 4. The van der Waals surface area contributed by atoms with Gasteiger partial charge in [0.1, 0.15) is 0 Å². The van der Waals surface area contributed by atoms with Crippen molar-refractivity contribution in [1.29, 1.82) is 0 Å². The Balaban J connectivity index is 1.61. The Morgan fingerprint density at radius 2 is 1.61 bits per heavy atom. The molecule has 2 aromatic carbocycles. The zero-order valence-corrected chi connectivity index (χ0v) is 23.9. The van der Waals surface area contributed by atoms with Crippen LogP contribution in [0.15, 0.2) is 46.3 Å². The molecule has 0 fully saturated rings. The van der Waals surface area contributed by atoms with Crippen LogP contribution in [0, 0.1) is 11.4 Å². The maximum absolute atomic E-state index is 7.20. The van der Waals surface area contributed by atoms with Gasteiger partial charge in [-0.05, 0) is 74.3 Å². The van der Waals surface area contributed by atoms with Crippen molar-refractivity contribution in [3.8, 4) is 0 Å². The van der Waals surface area contributed by atoms with Gasteiger partial charge in [-0.3, -0.25) is 4.98 Å². The quantitative estimate of drug-likeness (QED) is 0.179. The minimum absolute atomic E-state index is 0.573. The maximum Gasteiger partial charge on any atom is 0.0958 e. The van der Waals surface area contributed by atoms with Crippen LogP contribution in [0.5, 0.6) is 0 Å². The average molecular weight is 525 g/mol. The molecule has 36 heavy (non-hydrogen) atoms. The third-order valence-corrected chi connectivity index (χ3v) is 9.50. The van der Waals surface area contributed by atoms with Crippen molar-refractivity contribution in [2.24, 2.45) is 4.99 Å². The number of pyridine rings is 1. The smallest absolute Gasteiger partial charge is 0.0958 e. The lowest BCUT2D eigenvalue weighted by atomic mass is 10.1. The Kier molecular flexibility index (Phi) is 9.66. The van der Waals surface area contributed by atoms with Gasteiger partial charge in [0.05, 0.1) is 22.2 Å². The van der Waals surface area contributed by atoms with Crippen LogP contribution in [0.2, 0.25) is 0 Å². The van der Waals surface area contributed by atoms with Crippen LogP contribution >= 0.6 is 20.4 Å². The molecule has 0 saturated heterocycles. The van der Waals surface area contributed by atoms with E-state index in [1.165, 1.54) is 57.1 Å². The first-order chi connectivity index (χ1) is 17.6. The second-order valence-corrected chi connectivity index (χ2v) is 12.0. The molecule has 0 aliphatic carbocycles. The number of halogens is 1. The van der Waals surface area contributed by atoms with Gasteiger partial charge in [0, 0.05) is 45.8 Å². The van der Waals surface area contributed by atoms with Crippen LogP contribution in [0.3, 0.4) is 0 Å². The number of benzene rings is 2. The van der Waals surface area contributed by atoms with Crippen LogP contribution < -0.4 is 15.6 Å². The minimum Gasteiger partial charge on any atom is -0.383 e. The van der Waals surface area contributed by atoms with Crippen molar-refractivity contribution in [1.82, 2.24) is 4.98 Å². The van der Waals surface area contributed by atoms with E-state index in [0.717, 1.165) is 62.4 Å². The zero-order chi connectivity index (χ0) is 25.5. The number of fused-ring (bicyclic) bond motifs is 4. The van der Waals surface area contributed by atoms with Crippen molar-refractivity contribution >= 4 is 48.3 Å². The van der Waals surface area contributed by atoms with E-state index >= 15 is 0 Å². The van der Waals surface area contributed by atoms with E-state index < -0.39 is 9.70 Å². The summed E-state index contributed by atoms with van der Waals surface area (Å²) in [6, 6.07) is 13.0. The molecular formula is C30H41ClN4S. The number of rotatable bonds is 13. The van der Waals surface area contributed by atoms with E-state index in [9.17, 15) is 0 Å². The van der Waals surface area contributed by atoms with Crippen LogP contribution in [0.1, 0.15) is 77.8 Å². The fourth-order valence-corrected chi connectivity index (χ4v) is 7.01. The topological polar surface area (TPSA) is 40.5 Å². The van der Waals surface area contributed by atoms with E-state index in [1.54, 1.807) is 0 Å². The number of aryl methyl sites for hydroxylation is 1. The largest absolute Gasteiger partial charge is 0.383 e. The number of anilines is 2. The first-order valence-corrected chi connectivity index (χ1v) is 15.8. The standard InChI is InChI=1S/C30H41ClN4S/c1-5-8-9-10-11-12-13-14-19-32-26-21-28-30(24-17-15-22(4)33-29(24)26)34-25-18-16-23(35(6-2)7-3)20-27(25)36(28)31/h15-18,20-21,32H,5-14,19H2,1-4H3. The normalized spacial score (nSPS) is 14.3. The fourth-order valence-electron chi connectivity index (χ4n) is 4.99. The number of aromatic nitrogens is 1. The van der Waals surface area contributed by atoms with Crippen molar-refractivity contribution < 1.29 is 0 Å². The molecule has 2 heterocycles. The number of nitrogens with zero attached hydrogens (tertiary/aromatic N) is 3. The van der Waals surface area contributed by atoms with Crippen molar-refractivity contribution in [3.05, 3.63) is 52.0 Å². The molecule has 6 heteroatoms. The van der Waals surface area contributed by atoms with Gasteiger partial charge in [-0.25, -0.2) is 4.99 Å². The summed E-state index contributed by atoms with van der Waals surface area (Å²) in [6.07, 6.45) is 10.6. The molecule has 194 valence electrons. The molecule has 1 aromatic heterocycles. The lowest BCUT2D eigenvalue weighted by Gasteiger charge is -2.22. The maximum atomic E-state index is 7.20. The number of hydrogen-bond donors (Lipinski definition) is 1. The molecule has 1 aliphatic heterocycles. The highest BCUT2D eigenvalue weighted by atomic mass is 35.7. The Hall–Kier alpha value is -2.11. The highest BCUT2D eigenvalue weighted by Crippen LogP contribution is 2.48.